The highest BCUT2D eigenvalue weighted by atomic mass is 16.5. The Bertz CT molecular complexity index is 747. The fourth-order valence-corrected chi connectivity index (χ4v) is 4.43. The Morgan fingerprint density at radius 3 is 2.25 bits per heavy atom. The Balaban J connectivity index is 0.00000420. The van der Waals surface area contributed by atoms with E-state index in [2.05, 4.69) is 6.92 Å². The lowest BCUT2D eigenvalue weighted by Gasteiger charge is -2.52. The first-order valence-corrected chi connectivity index (χ1v) is 9.42. The molecule has 0 saturated heterocycles. The van der Waals surface area contributed by atoms with Crippen LogP contribution in [0.15, 0.2) is 53.7 Å². The smallest absolute Gasteiger partial charge is 0.549 e. The van der Waals surface area contributed by atoms with Crippen molar-refractivity contribution in [2.45, 2.75) is 31.2 Å². The number of carboxylic acids is 1. The van der Waals surface area contributed by atoms with Gasteiger partial charge in [-0.1, -0.05) is 43.7 Å². The lowest BCUT2D eigenvalue weighted by atomic mass is 9.64. The van der Waals surface area contributed by atoms with E-state index >= 15 is 0 Å². The predicted molar refractivity (Wildman–Crippen MR) is 106 cm³/mol. The van der Waals surface area contributed by atoms with E-state index in [1.54, 1.807) is 6.08 Å². The van der Waals surface area contributed by atoms with E-state index in [4.69, 9.17) is 14.2 Å². The number of carbonyl (C=O) groups excluding carboxylic acids is 1. The molecule has 2 rings (SSSR count). The van der Waals surface area contributed by atoms with Gasteiger partial charge in [-0.2, -0.15) is 0 Å². The Hall–Kier alpha value is -2.47. The summed E-state index contributed by atoms with van der Waals surface area (Å²) < 4.78 is 16.9. The van der Waals surface area contributed by atoms with Gasteiger partial charge < -0.3 is 24.1 Å². The predicted octanol–water partition coefficient (Wildman–Crippen LogP) is 2.40. The zero-order valence-corrected chi connectivity index (χ0v) is 17.5. The van der Waals surface area contributed by atoms with Gasteiger partial charge in [0, 0.05) is 11.8 Å². The van der Waals surface area contributed by atoms with Crippen LogP contribution < -0.4 is 5.11 Å². The van der Waals surface area contributed by atoms with Crippen LogP contribution in [-0.2, 0) is 19.0 Å². The molecule has 0 amide bonds. The second-order valence-electron chi connectivity index (χ2n) is 7.07. The molecule has 0 aromatic heterocycles. The number of carboxylic acid groups (broad SMARTS) is 1. The zero-order chi connectivity index (χ0) is 20.9. The number of rotatable bonds is 9. The number of hydrogen-bond donors (Lipinski definition) is 0. The molecule has 1 aliphatic carbocycles. The molecular formula is C22H31NO5. The number of likely N-dealkylation sites (N-methyl/N-ethyl adjacent to an activating group) is 1. The molecule has 0 bridgehead atoms. The fourth-order valence-electron chi connectivity index (χ4n) is 4.43. The largest absolute Gasteiger partial charge is 1.00 e. The molecule has 1 aliphatic rings. The standard InChI is InChI=1S/C22H31NO5/c1-7-11-16(15-12-9-8-10-13-15)22(23(2)3)17(21(24)25)14-18(26-4)19(27-5)20(22)28-6/h8-10,12-14,16-17H,7,11H2,1-6H3,(H,24,25). The van der Waals surface area contributed by atoms with Crippen LogP contribution >= 0.6 is 0 Å². The second-order valence-corrected chi connectivity index (χ2v) is 7.07. The number of hydrogen-bond acceptors (Lipinski definition) is 6. The van der Waals surface area contributed by atoms with Gasteiger partial charge in [0.1, 0.15) is 5.54 Å². The maximum absolute atomic E-state index is 12.4. The van der Waals surface area contributed by atoms with Gasteiger partial charge in [0.25, 0.3) is 0 Å². The minimum absolute atomic E-state index is 0. The first-order valence-electron chi connectivity index (χ1n) is 9.42. The fraction of sp³-hybridized carbons (Fsp3) is 0.500. The van der Waals surface area contributed by atoms with Crippen LogP contribution in [0.2, 0.25) is 0 Å². The molecule has 28 heavy (non-hydrogen) atoms. The highest BCUT2D eigenvalue weighted by Crippen LogP contribution is 2.51. The molecule has 154 valence electrons. The van der Waals surface area contributed by atoms with E-state index in [9.17, 15) is 9.90 Å². The van der Waals surface area contributed by atoms with Crippen LogP contribution in [0, 0.1) is 5.92 Å². The van der Waals surface area contributed by atoms with E-state index in [0.29, 0.717) is 17.3 Å². The van der Waals surface area contributed by atoms with Crippen LogP contribution in [-0.4, -0.2) is 51.8 Å². The summed E-state index contributed by atoms with van der Waals surface area (Å²) >= 11 is 0. The van der Waals surface area contributed by atoms with Gasteiger partial charge in [-0.25, -0.2) is 0 Å². The minimum Gasteiger partial charge on any atom is -0.549 e. The van der Waals surface area contributed by atoms with Crippen LogP contribution in [0.5, 0.6) is 0 Å². The summed E-state index contributed by atoms with van der Waals surface area (Å²) in [5.41, 5.74) is -0.0123. The van der Waals surface area contributed by atoms with Gasteiger partial charge in [0.05, 0.1) is 27.3 Å². The SMILES string of the molecule is CCCC(c1ccccc1)C1(N(C)C)C(OC)=C(OC)C(OC)=CC1C(=O)[O-].[H+]. The van der Waals surface area contributed by atoms with Gasteiger partial charge in [-0.3, -0.25) is 4.90 Å². The lowest BCUT2D eigenvalue weighted by Crippen LogP contribution is -2.62. The van der Waals surface area contributed by atoms with E-state index in [1.807, 2.05) is 49.3 Å². The Labute approximate surface area is 168 Å². The number of nitrogens with zero attached hydrogens (tertiary/aromatic N) is 1. The maximum Gasteiger partial charge on any atom is 1.00 e. The number of aliphatic carboxylic acids is 1. The molecule has 0 N–H and O–H groups in total. The first kappa shape index (κ1) is 21.8. The summed E-state index contributed by atoms with van der Waals surface area (Å²) in [5.74, 6) is -1.21. The van der Waals surface area contributed by atoms with Crippen molar-refractivity contribution in [2.24, 2.45) is 5.92 Å². The molecular weight excluding hydrogens is 358 g/mol. The Morgan fingerprint density at radius 1 is 1.18 bits per heavy atom. The number of benzene rings is 1. The number of ether oxygens (including phenoxy) is 3. The Kier molecular flexibility index (Phi) is 7.13. The molecule has 0 spiro atoms. The van der Waals surface area contributed by atoms with Crippen molar-refractivity contribution in [1.29, 1.82) is 0 Å². The average Bonchev–Trinajstić information content (AvgIpc) is 2.70. The van der Waals surface area contributed by atoms with Gasteiger partial charge in [-0.05, 0) is 32.2 Å². The summed E-state index contributed by atoms with van der Waals surface area (Å²) in [6.07, 6.45) is 3.20. The normalized spacial score (nSPS) is 23.2. The third-order valence-corrected chi connectivity index (χ3v) is 5.52. The van der Waals surface area contributed by atoms with Crippen molar-refractivity contribution < 1.29 is 25.5 Å². The van der Waals surface area contributed by atoms with Gasteiger partial charge in [-0.15, -0.1) is 0 Å². The summed E-state index contributed by atoms with van der Waals surface area (Å²) in [5, 5.41) is 12.4. The second kappa shape index (κ2) is 9.15. The van der Waals surface area contributed by atoms with E-state index < -0.39 is 17.4 Å². The molecule has 0 heterocycles. The van der Waals surface area contributed by atoms with Crippen molar-refractivity contribution >= 4 is 5.97 Å². The minimum atomic E-state index is -1.19. The zero-order valence-electron chi connectivity index (χ0n) is 18.5. The molecule has 0 saturated carbocycles. The van der Waals surface area contributed by atoms with Crippen LogP contribution in [0.25, 0.3) is 0 Å². The van der Waals surface area contributed by atoms with Gasteiger partial charge in [0.15, 0.2) is 11.5 Å². The third-order valence-electron chi connectivity index (χ3n) is 5.52. The monoisotopic (exact) mass is 389 g/mol. The topological polar surface area (TPSA) is 71.1 Å². The molecule has 1 aromatic rings. The van der Waals surface area contributed by atoms with Crippen LogP contribution in [0.4, 0.5) is 0 Å². The van der Waals surface area contributed by atoms with E-state index in [-0.39, 0.29) is 7.34 Å². The molecule has 6 nitrogen and oxygen atoms in total. The van der Waals surface area contributed by atoms with Crippen molar-refractivity contribution in [3.63, 3.8) is 0 Å². The van der Waals surface area contributed by atoms with Crippen LogP contribution in [0.3, 0.4) is 0 Å². The van der Waals surface area contributed by atoms with E-state index in [1.165, 1.54) is 21.3 Å². The first-order chi connectivity index (χ1) is 13.4. The molecule has 1 aromatic carbocycles. The van der Waals surface area contributed by atoms with E-state index in [0.717, 1.165) is 18.4 Å². The molecule has 0 radical (unpaired) electrons. The highest BCUT2D eigenvalue weighted by molar-refractivity contribution is 5.75. The van der Waals surface area contributed by atoms with Crippen molar-refractivity contribution in [3.8, 4) is 0 Å². The quantitative estimate of drug-likeness (QED) is 0.646. The Morgan fingerprint density at radius 2 is 1.82 bits per heavy atom. The number of methoxy groups -OCH3 is 3. The lowest BCUT2D eigenvalue weighted by molar-refractivity contribution is -0.313. The van der Waals surface area contributed by atoms with Crippen molar-refractivity contribution in [2.75, 3.05) is 35.4 Å². The van der Waals surface area contributed by atoms with Crippen molar-refractivity contribution in [3.05, 3.63) is 59.2 Å². The molecule has 0 aliphatic heterocycles. The molecule has 6 heteroatoms. The molecule has 3 unspecified atom stereocenters. The summed E-state index contributed by atoms with van der Waals surface area (Å²) in [6.45, 7) is 2.08. The summed E-state index contributed by atoms with van der Waals surface area (Å²) in [6, 6.07) is 9.91. The summed E-state index contributed by atoms with van der Waals surface area (Å²) in [7, 11) is 8.26. The highest BCUT2D eigenvalue weighted by Gasteiger charge is 2.55. The van der Waals surface area contributed by atoms with Crippen molar-refractivity contribution in [1.82, 2.24) is 4.90 Å². The molecule has 0 fully saturated rings. The number of carbonyl (C=O) groups is 1. The van der Waals surface area contributed by atoms with Gasteiger partial charge >= 0.3 is 1.43 Å². The van der Waals surface area contributed by atoms with Crippen LogP contribution in [0.1, 0.15) is 32.7 Å². The average molecular weight is 389 g/mol. The maximum atomic E-state index is 12.4. The third kappa shape index (κ3) is 3.49. The molecule has 3 atom stereocenters. The summed E-state index contributed by atoms with van der Waals surface area (Å²) in [4.78, 5) is 14.3. The van der Waals surface area contributed by atoms with Gasteiger partial charge in [0.2, 0.25) is 5.76 Å².